The Hall–Kier alpha value is -1.68. The topological polar surface area (TPSA) is 48.9 Å². The molecular formula is C12H13FN2O. The molecule has 3 nitrogen and oxygen atoms in total. The molecule has 0 aliphatic heterocycles. The molecule has 0 amide bonds. The van der Waals surface area contributed by atoms with E-state index in [-0.39, 0.29) is 5.82 Å². The minimum atomic E-state index is -0.734. The summed E-state index contributed by atoms with van der Waals surface area (Å²) in [6.45, 7) is 1.85. The van der Waals surface area contributed by atoms with Crippen LogP contribution in [0, 0.1) is 12.7 Å². The van der Waals surface area contributed by atoms with Gasteiger partial charge >= 0.3 is 0 Å². The first kappa shape index (κ1) is 10.8. The highest BCUT2D eigenvalue weighted by Crippen LogP contribution is 2.21. The summed E-state index contributed by atoms with van der Waals surface area (Å²) in [4.78, 5) is 6.93. The summed E-state index contributed by atoms with van der Waals surface area (Å²) in [7, 11) is 0. The van der Waals surface area contributed by atoms with Crippen LogP contribution in [0.25, 0.3) is 0 Å². The maximum Gasteiger partial charge on any atom is 0.123 e. The normalized spacial score (nSPS) is 12.7. The summed E-state index contributed by atoms with van der Waals surface area (Å²) in [5.41, 5.74) is 1.48. The average molecular weight is 220 g/mol. The van der Waals surface area contributed by atoms with Crippen molar-refractivity contribution < 1.29 is 9.50 Å². The number of hydrogen-bond donors (Lipinski definition) is 2. The fourth-order valence-electron chi connectivity index (χ4n) is 1.67. The smallest absolute Gasteiger partial charge is 0.123 e. The average Bonchev–Trinajstić information content (AvgIpc) is 2.74. The summed E-state index contributed by atoms with van der Waals surface area (Å²) in [6.07, 6.45) is 2.94. The number of hydrogen-bond acceptors (Lipinski definition) is 2. The molecular weight excluding hydrogens is 207 g/mol. The zero-order valence-corrected chi connectivity index (χ0v) is 8.94. The van der Waals surface area contributed by atoms with Crippen molar-refractivity contribution in [1.29, 1.82) is 0 Å². The Kier molecular flexibility index (Phi) is 3.01. The van der Waals surface area contributed by atoms with E-state index in [4.69, 9.17) is 0 Å². The Balaban J connectivity index is 2.20. The van der Waals surface area contributed by atoms with E-state index in [2.05, 4.69) is 9.97 Å². The minimum absolute atomic E-state index is 0.334. The first-order valence-corrected chi connectivity index (χ1v) is 5.09. The van der Waals surface area contributed by atoms with Gasteiger partial charge in [-0.1, -0.05) is 6.07 Å². The highest BCUT2D eigenvalue weighted by Gasteiger charge is 2.13. The molecule has 0 bridgehead atoms. The largest absolute Gasteiger partial charge is 0.388 e. The second kappa shape index (κ2) is 4.45. The summed E-state index contributed by atoms with van der Waals surface area (Å²) in [6, 6.07) is 4.41. The Bertz CT molecular complexity index is 468. The second-order valence-corrected chi connectivity index (χ2v) is 3.76. The molecule has 1 unspecified atom stereocenters. The molecule has 1 atom stereocenters. The molecule has 0 saturated carbocycles. The molecule has 0 radical (unpaired) electrons. The molecule has 0 spiro atoms. The molecule has 0 aliphatic carbocycles. The van der Waals surface area contributed by atoms with Crippen LogP contribution in [0.5, 0.6) is 0 Å². The van der Waals surface area contributed by atoms with Crippen LogP contribution >= 0.6 is 0 Å². The number of halogens is 1. The van der Waals surface area contributed by atoms with Gasteiger partial charge in [0.2, 0.25) is 0 Å². The molecule has 16 heavy (non-hydrogen) atoms. The lowest BCUT2D eigenvalue weighted by molar-refractivity contribution is 0.175. The Morgan fingerprint density at radius 3 is 3.00 bits per heavy atom. The molecule has 1 aromatic heterocycles. The third-order valence-corrected chi connectivity index (χ3v) is 2.54. The van der Waals surface area contributed by atoms with Gasteiger partial charge in [0.25, 0.3) is 0 Å². The lowest BCUT2D eigenvalue weighted by Crippen LogP contribution is -2.05. The van der Waals surface area contributed by atoms with Crippen LogP contribution in [0.3, 0.4) is 0 Å². The number of nitrogens with zero attached hydrogens (tertiary/aromatic N) is 1. The monoisotopic (exact) mass is 220 g/mol. The third-order valence-electron chi connectivity index (χ3n) is 2.54. The van der Waals surface area contributed by atoms with E-state index in [9.17, 15) is 9.50 Å². The Labute approximate surface area is 93.0 Å². The van der Waals surface area contributed by atoms with Crippen LogP contribution < -0.4 is 0 Å². The van der Waals surface area contributed by atoms with Crippen molar-refractivity contribution in [2.45, 2.75) is 19.4 Å². The van der Waals surface area contributed by atoms with E-state index in [0.717, 1.165) is 5.56 Å². The van der Waals surface area contributed by atoms with Gasteiger partial charge in [-0.2, -0.15) is 0 Å². The molecule has 2 rings (SSSR count). The zero-order valence-electron chi connectivity index (χ0n) is 8.94. The lowest BCUT2D eigenvalue weighted by Gasteiger charge is -2.12. The summed E-state index contributed by atoms with van der Waals surface area (Å²) < 4.78 is 13.1. The van der Waals surface area contributed by atoms with Crippen molar-refractivity contribution in [3.05, 3.63) is 53.4 Å². The van der Waals surface area contributed by atoms with Crippen LogP contribution in [-0.2, 0) is 6.42 Å². The Morgan fingerprint density at radius 2 is 2.31 bits per heavy atom. The molecule has 1 aromatic carbocycles. The lowest BCUT2D eigenvalue weighted by atomic mass is 10.0. The standard InChI is InChI=1S/C12H13FN2O/c1-8-2-3-9(13)6-10(8)11(16)7-12-14-4-5-15-12/h2-6,11,16H,7H2,1H3,(H,14,15). The van der Waals surface area contributed by atoms with Gasteiger partial charge in [-0.15, -0.1) is 0 Å². The molecule has 0 fully saturated rings. The van der Waals surface area contributed by atoms with E-state index >= 15 is 0 Å². The summed E-state index contributed by atoms with van der Waals surface area (Å²) in [5, 5.41) is 9.97. The number of imidazole rings is 1. The van der Waals surface area contributed by atoms with Crippen molar-refractivity contribution in [3.63, 3.8) is 0 Å². The van der Waals surface area contributed by atoms with Gasteiger partial charge in [0.1, 0.15) is 11.6 Å². The number of aromatic amines is 1. The minimum Gasteiger partial charge on any atom is -0.388 e. The van der Waals surface area contributed by atoms with Gasteiger partial charge < -0.3 is 10.1 Å². The fourth-order valence-corrected chi connectivity index (χ4v) is 1.67. The van der Waals surface area contributed by atoms with E-state index in [1.54, 1.807) is 18.5 Å². The van der Waals surface area contributed by atoms with E-state index < -0.39 is 6.10 Å². The first-order chi connectivity index (χ1) is 7.66. The quantitative estimate of drug-likeness (QED) is 0.832. The van der Waals surface area contributed by atoms with E-state index in [0.29, 0.717) is 17.8 Å². The number of rotatable bonds is 3. The van der Waals surface area contributed by atoms with Gasteiger partial charge in [0.15, 0.2) is 0 Å². The predicted octanol–water partition coefficient (Wildman–Crippen LogP) is 2.13. The number of aromatic nitrogens is 2. The van der Waals surface area contributed by atoms with Crippen molar-refractivity contribution in [3.8, 4) is 0 Å². The maximum absolute atomic E-state index is 13.1. The number of H-pyrrole nitrogens is 1. The van der Waals surface area contributed by atoms with E-state index in [1.807, 2.05) is 6.92 Å². The molecule has 1 heterocycles. The second-order valence-electron chi connectivity index (χ2n) is 3.76. The van der Waals surface area contributed by atoms with Crippen LogP contribution in [0.2, 0.25) is 0 Å². The molecule has 2 aromatic rings. The highest BCUT2D eigenvalue weighted by atomic mass is 19.1. The highest BCUT2D eigenvalue weighted by molar-refractivity contribution is 5.29. The Morgan fingerprint density at radius 1 is 1.50 bits per heavy atom. The number of aliphatic hydroxyl groups excluding tert-OH is 1. The number of benzene rings is 1. The zero-order chi connectivity index (χ0) is 11.5. The van der Waals surface area contributed by atoms with Crippen molar-refractivity contribution in [1.82, 2.24) is 9.97 Å². The third kappa shape index (κ3) is 2.28. The number of aryl methyl sites for hydroxylation is 1. The van der Waals surface area contributed by atoms with Crippen LogP contribution in [0.1, 0.15) is 23.1 Å². The maximum atomic E-state index is 13.1. The predicted molar refractivity (Wildman–Crippen MR) is 58.4 cm³/mol. The van der Waals surface area contributed by atoms with Crippen LogP contribution in [-0.4, -0.2) is 15.1 Å². The molecule has 0 saturated heterocycles. The fraction of sp³-hybridized carbons (Fsp3) is 0.250. The SMILES string of the molecule is Cc1ccc(F)cc1C(O)Cc1ncc[nH]1. The van der Waals surface area contributed by atoms with Gasteiger partial charge in [0, 0.05) is 18.8 Å². The molecule has 0 aliphatic rings. The van der Waals surface area contributed by atoms with Gasteiger partial charge in [-0.05, 0) is 30.2 Å². The first-order valence-electron chi connectivity index (χ1n) is 5.09. The van der Waals surface area contributed by atoms with Crippen LogP contribution in [0.4, 0.5) is 4.39 Å². The van der Waals surface area contributed by atoms with Crippen molar-refractivity contribution in [2.75, 3.05) is 0 Å². The number of nitrogens with one attached hydrogen (secondary N) is 1. The molecule has 4 heteroatoms. The van der Waals surface area contributed by atoms with Gasteiger partial charge in [0.05, 0.1) is 6.10 Å². The van der Waals surface area contributed by atoms with E-state index in [1.165, 1.54) is 12.1 Å². The van der Waals surface area contributed by atoms with Crippen molar-refractivity contribution >= 4 is 0 Å². The summed E-state index contributed by atoms with van der Waals surface area (Å²) in [5.74, 6) is 0.357. The molecule has 84 valence electrons. The summed E-state index contributed by atoms with van der Waals surface area (Å²) >= 11 is 0. The van der Waals surface area contributed by atoms with Gasteiger partial charge in [-0.25, -0.2) is 9.37 Å². The molecule has 2 N–H and O–H groups in total. The van der Waals surface area contributed by atoms with Crippen molar-refractivity contribution in [2.24, 2.45) is 0 Å². The number of aliphatic hydroxyl groups is 1. The van der Waals surface area contributed by atoms with Gasteiger partial charge in [-0.3, -0.25) is 0 Å². The van der Waals surface area contributed by atoms with Crippen LogP contribution in [0.15, 0.2) is 30.6 Å².